The number of ether oxygens (including phenoxy) is 3. The molecule has 3 heterocycles. The van der Waals surface area contributed by atoms with Crippen LogP contribution in [0.2, 0.25) is 0 Å². The van der Waals surface area contributed by atoms with Gasteiger partial charge >= 0.3 is 18.2 Å². The third kappa shape index (κ3) is 5.65. The zero-order chi connectivity index (χ0) is 29.8. The second-order valence-electron chi connectivity index (χ2n) is 13.1. The van der Waals surface area contributed by atoms with Crippen molar-refractivity contribution in [2.45, 2.75) is 114 Å². The fourth-order valence-corrected chi connectivity index (χ4v) is 6.98. The number of halogens is 3. The Balaban J connectivity index is 1.57. The van der Waals surface area contributed by atoms with Crippen molar-refractivity contribution >= 4 is 17.9 Å². The number of carbonyl (C=O) groups is 3. The summed E-state index contributed by atoms with van der Waals surface area (Å²) in [6.07, 6.45) is -5.46. The van der Waals surface area contributed by atoms with Crippen molar-refractivity contribution in [3.05, 3.63) is 0 Å². The molecule has 10 nitrogen and oxygen atoms in total. The van der Waals surface area contributed by atoms with E-state index in [1.807, 2.05) is 0 Å². The molecule has 4 fully saturated rings. The first-order valence-electron chi connectivity index (χ1n) is 13.9. The minimum absolute atomic E-state index is 0.0517. The molecule has 3 saturated heterocycles. The van der Waals surface area contributed by atoms with E-state index in [0.717, 1.165) is 4.90 Å². The van der Waals surface area contributed by atoms with Gasteiger partial charge in [0.05, 0.1) is 35.7 Å². The van der Waals surface area contributed by atoms with E-state index in [1.54, 1.807) is 30.6 Å². The smallest absolute Gasteiger partial charge is 0.444 e. The lowest BCUT2D eigenvalue weighted by Gasteiger charge is -2.46. The lowest BCUT2D eigenvalue weighted by Crippen LogP contribution is -2.61. The normalized spacial score (nSPS) is 32.9. The van der Waals surface area contributed by atoms with Crippen LogP contribution in [0.1, 0.15) is 66.7 Å². The summed E-state index contributed by atoms with van der Waals surface area (Å²) >= 11 is 0. The van der Waals surface area contributed by atoms with E-state index in [0.29, 0.717) is 6.42 Å². The summed E-state index contributed by atoms with van der Waals surface area (Å²) in [5.74, 6) is -2.33. The van der Waals surface area contributed by atoms with Crippen LogP contribution in [0.4, 0.5) is 18.0 Å². The number of piperazine rings is 1. The van der Waals surface area contributed by atoms with Gasteiger partial charge < -0.3 is 34.0 Å². The minimum atomic E-state index is -5.11. The van der Waals surface area contributed by atoms with Crippen molar-refractivity contribution in [3.63, 3.8) is 0 Å². The van der Waals surface area contributed by atoms with Gasteiger partial charge in [-0.05, 0) is 66.7 Å². The van der Waals surface area contributed by atoms with E-state index in [9.17, 15) is 32.7 Å². The van der Waals surface area contributed by atoms with Gasteiger partial charge in [-0.2, -0.15) is 13.2 Å². The number of carbonyl (C=O) groups excluding carboxylic acids is 3. The summed E-state index contributed by atoms with van der Waals surface area (Å²) in [5, 5.41) is 11.3. The van der Waals surface area contributed by atoms with Crippen LogP contribution in [0.3, 0.4) is 0 Å². The molecule has 2 bridgehead atoms. The Labute approximate surface area is 233 Å². The van der Waals surface area contributed by atoms with Crippen LogP contribution >= 0.6 is 0 Å². The summed E-state index contributed by atoms with van der Waals surface area (Å²) in [6, 6.07) is -2.34. The highest BCUT2D eigenvalue weighted by molar-refractivity contribution is 5.87. The van der Waals surface area contributed by atoms with Gasteiger partial charge in [0, 0.05) is 32.8 Å². The maximum atomic E-state index is 14.2. The maximum absolute atomic E-state index is 14.2. The number of methoxy groups -OCH3 is 1. The number of hydrogen-bond acceptors (Lipinski definition) is 7. The minimum Gasteiger partial charge on any atom is -0.444 e. The predicted molar refractivity (Wildman–Crippen MR) is 136 cm³/mol. The quantitative estimate of drug-likeness (QED) is 0.535. The van der Waals surface area contributed by atoms with Gasteiger partial charge in [0.2, 0.25) is 5.91 Å². The van der Waals surface area contributed by atoms with E-state index in [1.165, 1.54) is 21.0 Å². The lowest BCUT2D eigenvalue weighted by molar-refractivity contribution is -0.198. The van der Waals surface area contributed by atoms with Crippen LogP contribution in [0, 0.1) is 5.41 Å². The van der Waals surface area contributed by atoms with Crippen molar-refractivity contribution in [2.24, 2.45) is 5.41 Å². The largest absolute Gasteiger partial charge is 0.471 e. The van der Waals surface area contributed by atoms with Crippen molar-refractivity contribution in [3.8, 4) is 0 Å². The number of nitrogens with zero attached hydrogens (tertiary/aromatic N) is 3. The first kappa shape index (κ1) is 30.8. The molecule has 6 atom stereocenters. The number of rotatable bonds is 5. The summed E-state index contributed by atoms with van der Waals surface area (Å²) in [4.78, 5) is 43.8. The molecule has 228 valence electrons. The fourth-order valence-electron chi connectivity index (χ4n) is 6.98. The number of alkyl halides is 3. The number of amides is 3. The number of fused-ring (bicyclic) bond motifs is 2. The molecule has 3 aliphatic heterocycles. The number of hydrogen-bond donors (Lipinski definition) is 1. The monoisotopic (exact) mass is 577 g/mol. The molecule has 0 radical (unpaired) electrons. The lowest BCUT2D eigenvalue weighted by atomic mass is 9.70. The van der Waals surface area contributed by atoms with Crippen LogP contribution in [0.5, 0.6) is 0 Å². The third-order valence-corrected chi connectivity index (χ3v) is 9.00. The molecule has 4 aliphatic rings. The highest BCUT2D eigenvalue weighted by Gasteiger charge is 2.62. The van der Waals surface area contributed by atoms with E-state index in [-0.39, 0.29) is 70.0 Å². The summed E-state index contributed by atoms with van der Waals surface area (Å²) in [6.45, 7) is 9.10. The molecule has 40 heavy (non-hydrogen) atoms. The molecule has 13 heteroatoms. The van der Waals surface area contributed by atoms with Crippen molar-refractivity contribution in [1.29, 1.82) is 0 Å². The van der Waals surface area contributed by atoms with Crippen LogP contribution in [0.25, 0.3) is 0 Å². The number of aliphatic hydroxyl groups is 1. The third-order valence-electron chi connectivity index (χ3n) is 9.00. The van der Waals surface area contributed by atoms with Crippen LogP contribution < -0.4 is 0 Å². The van der Waals surface area contributed by atoms with E-state index >= 15 is 0 Å². The molecule has 1 N–H and O–H groups in total. The van der Waals surface area contributed by atoms with Gasteiger partial charge in [-0.1, -0.05) is 0 Å². The van der Waals surface area contributed by atoms with Crippen molar-refractivity contribution in [1.82, 2.24) is 14.7 Å². The average molecular weight is 578 g/mol. The molecule has 4 rings (SSSR count). The SMILES string of the molecule is CO[C@@H]1COCC[C@@H]1N(C(=O)C(F)(F)F)[C@@H]1CC[C@@](C(=O)N2C[C@@H]3C[C@H]2CN3C(=O)OC(C)(C)C)(C(C)(C)O)C1. The van der Waals surface area contributed by atoms with Crippen LogP contribution in [0.15, 0.2) is 0 Å². The molecule has 1 saturated carbocycles. The standard InChI is InChI=1S/C27H42F3N3O7/c1-24(2,3)40-23(36)32-14-17-11-18(32)13-31(17)21(34)26(25(4,5)37)9-7-16(12-26)33(22(35)27(28,29)30)19-8-10-39-15-20(19)38-6/h16-20,37H,7-15H2,1-6H3/t16-,17+,18+,19+,20-,26-/m1/s1. The van der Waals surface area contributed by atoms with Crippen LogP contribution in [-0.2, 0) is 23.8 Å². The van der Waals surface area contributed by atoms with Gasteiger partial charge in [0.25, 0.3) is 0 Å². The molecule has 0 unspecified atom stereocenters. The van der Waals surface area contributed by atoms with E-state index < -0.39 is 53.0 Å². The molecule has 0 aromatic heterocycles. The second-order valence-corrected chi connectivity index (χ2v) is 13.1. The molecule has 0 aromatic carbocycles. The number of likely N-dealkylation sites (tertiary alicyclic amines) is 2. The Morgan fingerprint density at radius 2 is 1.65 bits per heavy atom. The van der Waals surface area contributed by atoms with Gasteiger partial charge in [-0.15, -0.1) is 0 Å². The predicted octanol–water partition coefficient (Wildman–Crippen LogP) is 2.71. The Morgan fingerprint density at radius 1 is 1.02 bits per heavy atom. The Morgan fingerprint density at radius 3 is 2.17 bits per heavy atom. The van der Waals surface area contributed by atoms with E-state index in [4.69, 9.17) is 14.2 Å². The Hall–Kier alpha value is -2.12. The zero-order valence-electron chi connectivity index (χ0n) is 24.1. The molecule has 0 aromatic rings. The average Bonchev–Trinajstić information content (AvgIpc) is 3.57. The van der Waals surface area contributed by atoms with E-state index in [2.05, 4.69) is 0 Å². The maximum Gasteiger partial charge on any atom is 0.471 e. The molecule has 3 amide bonds. The Bertz CT molecular complexity index is 995. The van der Waals surface area contributed by atoms with Gasteiger partial charge in [0.1, 0.15) is 11.7 Å². The summed E-state index contributed by atoms with van der Waals surface area (Å²) in [7, 11) is 1.37. The molecule has 0 spiro atoms. The van der Waals surface area contributed by atoms with Gasteiger partial charge in [-0.3, -0.25) is 9.59 Å². The van der Waals surface area contributed by atoms with Crippen molar-refractivity contribution in [2.75, 3.05) is 33.4 Å². The zero-order valence-corrected chi connectivity index (χ0v) is 24.1. The summed E-state index contributed by atoms with van der Waals surface area (Å²) in [5.41, 5.74) is -3.64. The van der Waals surface area contributed by atoms with Gasteiger partial charge in [0.15, 0.2) is 0 Å². The molecular weight excluding hydrogens is 535 g/mol. The van der Waals surface area contributed by atoms with Gasteiger partial charge in [-0.25, -0.2) is 4.79 Å². The molecular formula is C27H42F3N3O7. The highest BCUT2D eigenvalue weighted by atomic mass is 19.4. The van der Waals surface area contributed by atoms with Crippen molar-refractivity contribution < 1.29 is 46.9 Å². The first-order chi connectivity index (χ1) is 18.4. The molecule has 1 aliphatic carbocycles. The summed E-state index contributed by atoms with van der Waals surface area (Å²) < 4.78 is 57.8. The van der Waals surface area contributed by atoms with Crippen LogP contribution in [-0.4, -0.2) is 119 Å². The Kier molecular flexibility index (Phi) is 8.18. The first-order valence-corrected chi connectivity index (χ1v) is 13.9. The fraction of sp³-hybridized carbons (Fsp3) is 0.889. The topological polar surface area (TPSA) is 109 Å². The second kappa shape index (κ2) is 10.6. The highest BCUT2D eigenvalue weighted by Crippen LogP contribution is 2.52.